The van der Waals surface area contributed by atoms with E-state index in [1.165, 1.54) is 5.52 Å². The second-order valence-corrected chi connectivity index (χ2v) is 6.21. The number of hydrogen-bond donors (Lipinski definition) is 1. The van der Waals surface area contributed by atoms with E-state index in [0.29, 0.717) is 6.10 Å². The first kappa shape index (κ1) is 14.0. The zero-order valence-corrected chi connectivity index (χ0v) is 13.3. The number of imidazole rings is 1. The Bertz CT molecular complexity index is 590. The fourth-order valence-electron chi connectivity index (χ4n) is 2.73. The first-order chi connectivity index (χ1) is 9.74. The summed E-state index contributed by atoms with van der Waals surface area (Å²) < 4.78 is 9.19. The fraction of sp³-hybridized carbons (Fsp3) is 0.533. The van der Waals surface area contributed by atoms with Crippen LogP contribution in [0.3, 0.4) is 0 Å². The van der Waals surface area contributed by atoms with Crippen LogP contribution in [0.5, 0.6) is 0 Å². The van der Waals surface area contributed by atoms with Gasteiger partial charge in [-0.25, -0.2) is 4.98 Å². The summed E-state index contributed by atoms with van der Waals surface area (Å²) in [4.78, 5) is 4.70. The molecule has 0 unspecified atom stereocenters. The van der Waals surface area contributed by atoms with E-state index in [1.807, 2.05) is 0 Å². The Morgan fingerprint density at radius 3 is 3.00 bits per heavy atom. The van der Waals surface area contributed by atoms with Crippen LogP contribution < -0.4 is 5.32 Å². The van der Waals surface area contributed by atoms with Crippen molar-refractivity contribution < 1.29 is 4.74 Å². The van der Waals surface area contributed by atoms with Crippen LogP contribution in [-0.2, 0) is 18.2 Å². The molecule has 0 amide bonds. The molecule has 5 heteroatoms. The lowest BCUT2D eigenvalue weighted by Crippen LogP contribution is -2.32. The monoisotopic (exact) mass is 337 g/mol. The molecule has 20 heavy (non-hydrogen) atoms. The van der Waals surface area contributed by atoms with E-state index in [0.717, 1.165) is 54.8 Å². The number of ether oxygens (including phenoxy) is 1. The summed E-state index contributed by atoms with van der Waals surface area (Å²) in [5.74, 6) is 1.09. The number of aromatic nitrogens is 2. The van der Waals surface area contributed by atoms with Crippen molar-refractivity contribution in [3.05, 3.63) is 28.5 Å². The molecule has 1 aliphatic heterocycles. The summed E-state index contributed by atoms with van der Waals surface area (Å²) in [6.45, 7) is 2.90. The summed E-state index contributed by atoms with van der Waals surface area (Å²) in [6, 6.07) is 6.22. The minimum Gasteiger partial charge on any atom is -0.378 e. The number of piperidine rings is 1. The van der Waals surface area contributed by atoms with Crippen LogP contribution in [0, 0.1) is 0 Å². The van der Waals surface area contributed by atoms with Gasteiger partial charge in [0.1, 0.15) is 5.82 Å². The maximum atomic E-state index is 5.96. The molecule has 0 radical (unpaired) electrons. The average Bonchev–Trinajstić information content (AvgIpc) is 2.76. The molecule has 0 aliphatic carbocycles. The molecule has 1 fully saturated rings. The van der Waals surface area contributed by atoms with Crippen LogP contribution in [0.2, 0.25) is 0 Å². The van der Waals surface area contributed by atoms with Crippen molar-refractivity contribution in [2.75, 3.05) is 19.7 Å². The maximum Gasteiger partial charge on any atom is 0.111 e. The quantitative estimate of drug-likeness (QED) is 0.932. The lowest BCUT2D eigenvalue weighted by Gasteiger charge is -2.22. The topological polar surface area (TPSA) is 39.1 Å². The van der Waals surface area contributed by atoms with E-state index < -0.39 is 0 Å². The molecule has 3 rings (SSSR count). The highest BCUT2D eigenvalue weighted by Crippen LogP contribution is 2.20. The van der Waals surface area contributed by atoms with Crippen molar-refractivity contribution in [3.63, 3.8) is 0 Å². The number of rotatable bonds is 4. The lowest BCUT2D eigenvalue weighted by atomic mass is 10.1. The highest BCUT2D eigenvalue weighted by Gasteiger charge is 2.14. The first-order valence-corrected chi connectivity index (χ1v) is 7.96. The zero-order chi connectivity index (χ0) is 13.9. The number of aryl methyl sites for hydroxylation is 1. The molecule has 2 heterocycles. The Kier molecular flexibility index (Phi) is 4.38. The fourth-order valence-corrected chi connectivity index (χ4v) is 3.07. The summed E-state index contributed by atoms with van der Waals surface area (Å²) in [5.41, 5.74) is 2.21. The van der Waals surface area contributed by atoms with Gasteiger partial charge >= 0.3 is 0 Å². The van der Waals surface area contributed by atoms with Gasteiger partial charge in [-0.2, -0.15) is 0 Å². The second-order valence-electron chi connectivity index (χ2n) is 5.29. The van der Waals surface area contributed by atoms with Crippen LogP contribution >= 0.6 is 15.9 Å². The van der Waals surface area contributed by atoms with E-state index in [-0.39, 0.29) is 0 Å². The minimum absolute atomic E-state index is 0.417. The van der Waals surface area contributed by atoms with Gasteiger partial charge in [-0.05, 0) is 44.1 Å². The third-order valence-corrected chi connectivity index (χ3v) is 4.39. The molecule has 1 aliphatic rings. The van der Waals surface area contributed by atoms with Crippen LogP contribution in [0.1, 0.15) is 18.7 Å². The van der Waals surface area contributed by atoms with E-state index >= 15 is 0 Å². The van der Waals surface area contributed by atoms with E-state index in [1.54, 1.807) is 0 Å². The molecule has 0 bridgehead atoms. The van der Waals surface area contributed by atoms with E-state index in [2.05, 4.69) is 51.1 Å². The van der Waals surface area contributed by atoms with Crippen LogP contribution in [0.25, 0.3) is 11.0 Å². The SMILES string of the molecule is Cn1c(CCOC2CCNCC2)nc2cc(Br)ccc21. The molecule has 1 aromatic carbocycles. The van der Waals surface area contributed by atoms with Gasteiger partial charge in [0, 0.05) is 17.9 Å². The summed E-state index contributed by atoms with van der Waals surface area (Å²) in [6.07, 6.45) is 3.53. The van der Waals surface area contributed by atoms with Crippen molar-refractivity contribution in [1.82, 2.24) is 14.9 Å². The molecule has 108 valence electrons. The summed E-state index contributed by atoms with van der Waals surface area (Å²) in [7, 11) is 2.07. The minimum atomic E-state index is 0.417. The molecule has 0 spiro atoms. The van der Waals surface area contributed by atoms with Crippen LogP contribution in [0.4, 0.5) is 0 Å². The van der Waals surface area contributed by atoms with Crippen molar-refractivity contribution in [3.8, 4) is 0 Å². The largest absolute Gasteiger partial charge is 0.378 e. The van der Waals surface area contributed by atoms with Crippen molar-refractivity contribution >= 4 is 27.0 Å². The average molecular weight is 338 g/mol. The standard InChI is InChI=1S/C15H20BrN3O/c1-19-14-3-2-11(16)10-13(14)18-15(19)6-9-20-12-4-7-17-8-5-12/h2-3,10,12,17H,4-9H2,1H3. The number of fused-ring (bicyclic) bond motifs is 1. The number of nitrogens with one attached hydrogen (secondary N) is 1. The Labute approximate surface area is 127 Å². The highest BCUT2D eigenvalue weighted by molar-refractivity contribution is 9.10. The smallest absolute Gasteiger partial charge is 0.111 e. The second kappa shape index (κ2) is 6.24. The summed E-state index contributed by atoms with van der Waals surface area (Å²) >= 11 is 3.49. The first-order valence-electron chi connectivity index (χ1n) is 7.17. The van der Waals surface area contributed by atoms with Crippen molar-refractivity contribution in [2.24, 2.45) is 7.05 Å². The van der Waals surface area contributed by atoms with Gasteiger partial charge in [-0.3, -0.25) is 0 Å². The zero-order valence-electron chi connectivity index (χ0n) is 11.7. The van der Waals surface area contributed by atoms with Gasteiger partial charge in [-0.15, -0.1) is 0 Å². The number of hydrogen-bond acceptors (Lipinski definition) is 3. The predicted molar refractivity (Wildman–Crippen MR) is 84.0 cm³/mol. The Morgan fingerprint density at radius 1 is 1.40 bits per heavy atom. The highest BCUT2D eigenvalue weighted by atomic mass is 79.9. The molecule has 0 saturated carbocycles. The molecular formula is C15H20BrN3O. The molecule has 0 atom stereocenters. The number of halogens is 1. The molecule has 1 saturated heterocycles. The van der Waals surface area contributed by atoms with Gasteiger partial charge < -0.3 is 14.6 Å². The molecule has 1 aromatic heterocycles. The van der Waals surface area contributed by atoms with Crippen LogP contribution in [0.15, 0.2) is 22.7 Å². The summed E-state index contributed by atoms with van der Waals surface area (Å²) in [5, 5.41) is 3.35. The van der Waals surface area contributed by atoms with Gasteiger partial charge in [0.05, 0.1) is 23.7 Å². The maximum absolute atomic E-state index is 5.96. The number of benzene rings is 1. The number of nitrogens with zero attached hydrogens (tertiary/aromatic N) is 2. The van der Waals surface area contributed by atoms with Gasteiger partial charge in [0.2, 0.25) is 0 Å². The Morgan fingerprint density at radius 2 is 2.20 bits per heavy atom. The van der Waals surface area contributed by atoms with E-state index in [4.69, 9.17) is 9.72 Å². The van der Waals surface area contributed by atoms with Gasteiger partial charge in [-0.1, -0.05) is 15.9 Å². The van der Waals surface area contributed by atoms with Gasteiger partial charge in [0.15, 0.2) is 0 Å². The molecular weight excluding hydrogens is 318 g/mol. The Hall–Kier alpha value is -0.910. The lowest BCUT2D eigenvalue weighted by molar-refractivity contribution is 0.0340. The van der Waals surface area contributed by atoms with Gasteiger partial charge in [0.25, 0.3) is 0 Å². The van der Waals surface area contributed by atoms with Crippen LogP contribution in [-0.4, -0.2) is 35.4 Å². The molecule has 4 nitrogen and oxygen atoms in total. The third-order valence-electron chi connectivity index (χ3n) is 3.90. The Balaban J connectivity index is 1.63. The third kappa shape index (κ3) is 3.05. The predicted octanol–water partition coefficient (Wildman–Crippen LogP) is 2.65. The van der Waals surface area contributed by atoms with E-state index in [9.17, 15) is 0 Å². The molecule has 2 aromatic rings. The van der Waals surface area contributed by atoms with Crippen molar-refractivity contribution in [2.45, 2.75) is 25.4 Å². The van der Waals surface area contributed by atoms with Crippen molar-refractivity contribution in [1.29, 1.82) is 0 Å². The molecule has 1 N–H and O–H groups in total. The normalized spacial score (nSPS) is 16.9.